The second-order valence-corrected chi connectivity index (χ2v) is 10.7. The Morgan fingerprint density at radius 3 is 2.67 bits per heavy atom. The Balaban J connectivity index is 1.24. The summed E-state index contributed by atoms with van der Waals surface area (Å²) in [5, 5.41) is 4.81. The molecule has 0 radical (unpaired) electrons. The molecule has 198 valence electrons. The Bertz CT molecular complexity index is 1720. The molecule has 2 aromatic carbocycles. The van der Waals surface area contributed by atoms with Gasteiger partial charge < -0.3 is 20.0 Å². The largest absolute Gasteiger partial charge is 0.593 e. The molecule has 39 heavy (non-hydrogen) atoms. The lowest BCUT2D eigenvalue weighted by Crippen LogP contribution is -2.18. The Morgan fingerprint density at radius 2 is 1.95 bits per heavy atom. The van der Waals surface area contributed by atoms with Gasteiger partial charge in [0.15, 0.2) is 5.82 Å². The lowest BCUT2D eigenvalue weighted by molar-refractivity contribution is 0.103. The van der Waals surface area contributed by atoms with Gasteiger partial charge in [-0.25, -0.2) is 23.2 Å². The maximum atomic E-state index is 14.6. The third-order valence-corrected chi connectivity index (χ3v) is 7.86. The van der Waals surface area contributed by atoms with Gasteiger partial charge in [-0.05, 0) is 55.0 Å². The maximum absolute atomic E-state index is 14.6. The lowest BCUT2D eigenvalue weighted by Gasteiger charge is -2.11. The molecule has 3 aromatic heterocycles. The predicted molar refractivity (Wildman–Crippen MR) is 143 cm³/mol. The molecule has 0 bridgehead atoms. The van der Waals surface area contributed by atoms with E-state index in [1.54, 1.807) is 6.07 Å². The number of ether oxygens (including phenoxy) is 1. The first kappa shape index (κ1) is 24.9. The van der Waals surface area contributed by atoms with E-state index in [1.165, 1.54) is 59.5 Å². The molecule has 5 aromatic rings. The SMILES string of the molecule is Cc1cc(Oc2ccc(F)cc2)ncc1-n1ncc(C(=O)c2cc3cc(F)c(N[S+]([O-])C4CC4)cc3[nH]2)c1N. The average Bonchev–Trinajstić information content (AvgIpc) is 3.59. The molecule has 6 rings (SSSR count). The summed E-state index contributed by atoms with van der Waals surface area (Å²) in [4.78, 5) is 20.6. The highest BCUT2D eigenvalue weighted by Crippen LogP contribution is 2.32. The van der Waals surface area contributed by atoms with Crippen LogP contribution in [0.3, 0.4) is 0 Å². The highest BCUT2D eigenvalue weighted by atomic mass is 32.2. The summed E-state index contributed by atoms with van der Waals surface area (Å²) in [6.07, 6.45) is 4.57. The molecule has 4 N–H and O–H groups in total. The number of hydrogen-bond donors (Lipinski definition) is 3. The van der Waals surface area contributed by atoms with Crippen molar-refractivity contribution < 1.29 is 22.9 Å². The number of ketones is 1. The van der Waals surface area contributed by atoms with Crippen LogP contribution >= 0.6 is 0 Å². The van der Waals surface area contributed by atoms with Gasteiger partial charge in [0.25, 0.3) is 0 Å². The van der Waals surface area contributed by atoms with Crippen LogP contribution in [0.5, 0.6) is 11.6 Å². The van der Waals surface area contributed by atoms with Crippen molar-refractivity contribution in [3.63, 3.8) is 0 Å². The van der Waals surface area contributed by atoms with E-state index < -0.39 is 23.0 Å². The minimum Gasteiger partial charge on any atom is -0.593 e. The number of H-pyrrole nitrogens is 1. The van der Waals surface area contributed by atoms with Crippen LogP contribution in [0.25, 0.3) is 16.6 Å². The normalized spacial score (nSPS) is 13.9. The molecule has 0 saturated heterocycles. The number of aromatic nitrogens is 4. The number of nitrogens with one attached hydrogen (secondary N) is 2. The van der Waals surface area contributed by atoms with E-state index >= 15 is 0 Å². The second kappa shape index (κ2) is 9.71. The molecule has 0 amide bonds. The minimum absolute atomic E-state index is 0.0396. The number of aryl methyl sites for hydroxylation is 1. The molecular weight excluding hydrogens is 526 g/mol. The van der Waals surface area contributed by atoms with E-state index in [4.69, 9.17) is 10.5 Å². The summed E-state index contributed by atoms with van der Waals surface area (Å²) < 4.78 is 49.7. The van der Waals surface area contributed by atoms with Crippen LogP contribution in [0, 0.1) is 18.6 Å². The molecular formula is C27H22F2N6O3S. The molecule has 1 aliphatic carbocycles. The minimum atomic E-state index is -1.36. The third kappa shape index (κ3) is 4.91. The quantitative estimate of drug-likeness (QED) is 0.180. The van der Waals surface area contributed by atoms with Crippen molar-refractivity contribution >= 4 is 39.6 Å². The lowest BCUT2D eigenvalue weighted by atomic mass is 10.1. The molecule has 0 spiro atoms. The van der Waals surface area contributed by atoms with Crippen molar-refractivity contribution in [3.05, 3.63) is 89.4 Å². The van der Waals surface area contributed by atoms with E-state index in [2.05, 4.69) is 19.8 Å². The summed E-state index contributed by atoms with van der Waals surface area (Å²) in [5.41, 5.74) is 8.55. The van der Waals surface area contributed by atoms with Gasteiger partial charge in [-0.2, -0.15) is 5.10 Å². The number of rotatable bonds is 8. The van der Waals surface area contributed by atoms with Gasteiger partial charge in [-0.3, -0.25) is 4.79 Å². The molecule has 1 fully saturated rings. The topological polar surface area (TPSA) is 134 Å². The first-order valence-electron chi connectivity index (χ1n) is 12.0. The van der Waals surface area contributed by atoms with Crippen LogP contribution in [0.15, 0.2) is 60.9 Å². The summed E-state index contributed by atoms with van der Waals surface area (Å²) in [6.45, 7) is 1.81. The number of anilines is 2. The fraction of sp³-hybridized carbons (Fsp3) is 0.148. The maximum Gasteiger partial charge on any atom is 0.219 e. The molecule has 1 aliphatic rings. The van der Waals surface area contributed by atoms with Crippen LogP contribution in [-0.4, -0.2) is 35.3 Å². The van der Waals surface area contributed by atoms with Crippen molar-refractivity contribution in [1.29, 1.82) is 0 Å². The fourth-order valence-corrected chi connectivity index (χ4v) is 5.23. The fourth-order valence-electron chi connectivity index (χ4n) is 4.12. The molecule has 0 aliphatic heterocycles. The molecule has 1 saturated carbocycles. The van der Waals surface area contributed by atoms with E-state index in [0.29, 0.717) is 28.2 Å². The van der Waals surface area contributed by atoms with Gasteiger partial charge in [0, 0.05) is 29.8 Å². The monoisotopic (exact) mass is 548 g/mol. The van der Waals surface area contributed by atoms with Crippen molar-refractivity contribution in [3.8, 4) is 17.3 Å². The molecule has 12 heteroatoms. The van der Waals surface area contributed by atoms with Gasteiger partial charge in [0.1, 0.15) is 28.3 Å². The number of nitrogens with two attached hydrogens (primary N) is 1. The third-order valence-electron chi connectivity index (χ3n) is 6.36. The summed E-state index contributed by atoms with van der Waals surface area (Å²) in [6, 6.07) is 11.6. The number of benzene rings is 2. The number of hydrogen-bond acceptors (Lipinski definition) is 7. The number of aromatic amines is 1. The number of halogens is 2. The zero-order chi connectivity index (χ0) is 27.3. The highest BCUT2D eigenvalue weighted by molar-refractivity contribution is 7.93. The number of pyridine rings is 1. The Kier molecular flexibility index (Phi) is 6.20. The Hall–Kier alpha value is -4.42. The van der Waals surface area contributed by atoms with E-state index in [1.807, 2.05) is 6.92 Å². The van der Waals surface area contributed by atoms with Gasteiger partial charge in [0.05, 0.1) is 40.7 Å². The van der Waals surface area contributed by atoms with Crippen LogP contribution in [-0.2, 0) is 11.4 Å². The van der Waals surface area contributed by atoms with Crippen LogP contribution in [0.4, 0.5) is 20.3 Å². The van der Waals surface area contributed by atoms with Crippen LogP contribution in [0.2, 0.25) is 0 Å². The van der Waals surface area contributed by atoms with E-state index in [-0.39, 0.29) is 33.8 Å². The van der Waals surface area contributed by atoms with Gasteiger partial charge in [-0.15, -0.1) is 0 Å². The number of nitrogen functional groups attached to an aromatic ring is 1. The zero-order valence-electron chi connectivity index (χ0n) is 20.6. The van der Waals surface area contributed by atoms with Gasteiger partial charge >= 0.3 is 0 Å². The summed E-state index contributed by atoms with van der Waals surface area (Å²) in [7, 11) is 0. The summed E-state index contributed by atoms with van der Waals surface area (Å²) >= 11 is -1.36. The second-order valence-electron chi connectivity index (χ2n) is 9.25. The zero-order valence-corrected chi connectivity index (χ0v) is 21.4. The number of carbonyl (C=O) groups excluding carboxylic acids is 1. The highest BCUT2D eigenvalue weighted by Gasteiger charge is 2.35. The van der Waals surface area contributed by atoms with E-state index in [0.717, 1.165) is 18.4 Å². The first-order chi connectivity index (χ1) is 18.8. The van der Waals surface area contributed by atoms with Gasteiger partial charge in [-0.1, -0.05) is 0 Å². The predicted octanol–water partition coefficient (Wildman–Crippen LogP) is 5.18. The Labute approximate surface area is 224 Å². The Morgan fingerprint density at radius 1 is 1.18 bits per heavy atom. The number of fused-ring (bicyclic) bond motifs is 1. The van der Waals surface area contributed by atoms with E-state index in [9.17, 15) is 18.1 Å². The molecule has 1 unspecified atom stereocenters. The van der Waals surface area contributed by atoms with Crippen LogP contribution in [0.1, 0.15) is 34.5 Å². The van der Waals surface area contributed by atoms with Crippen LogP contribution < -0.4 is 15.2 Å². The van der Waals surface area contributed by atoms with Gasteiger partial charge in [0.2, 0.25) is 11.7 Å². The molecule has 1 atom stereocenters. The summed E-state index contributed by atoms with van der Waals surface area (Å²) in [5.74, 6) is -0.525. The van der Waals surface area contributed by atoms with Crippen molar-refractivity contribution in [2.24, 2.45) is 0 Å². The standard InChI is InChI=1S/C27H22F2N6O3S/c1-14-8-25(38-17-4-2-16(28)3-5-17)31-13-24(14)35-27(30)19(12-32-35)26(36)23-10-15-9-20(29)22(11-21(15)33-23)34-39(37)18-6-7-18/h2-5,8-13,18,33-34H,6-7,30H2,1H3. The van der Waals surface area contributed by atoms with Crippen molar-refractivity contribution in [2.45, 2.75) is 25.0 Å². The number of carbonyl (C=O) groups is 1. The number of nitrogens with zero attached hydrogens (tertiary/aromatic N) is 3. The van der Waals surface area contributed by atoms with Crippen molar-refractivity contribution in [2.75, 3.05) is 10.5 Å². The average molecular weight is 549 g/mol. The first-order valence-corrected chi connectivity index (χ1v) is 13.3. The smallest absolute Gasteiger partial charge is 0.219 e. The van der Waals surface area contributed by atoms with Crippen molar-refractivity contribution in [1.82, 2.24) is 19.7 Å². The molecule has 9 nitrogen and oxygen atoms in total. The molecule has 3 heterocycles.